The summed E-state index contributed by atoms with van der Waals surface area (Å²) >= 11 is 5.89. The van der Waals surface area contributed by atoms with E-state index in [0.29, 0.717) is 28.2 Å². The highest BCUT2D eigenvalue weighted by atomic mass is 35.5. The molecule has 24 heavy (non-hydrogen) atoms. The van der Waals surface area contributed by atoms with Crippen LogP contribution < -0.4 is 15.8 Å². The molecule has 0 atom stereocenters. The van der Waals surface area contributed by atoms with E-state index in [0.717, 1.165) is 16.8 Å². The van der Waals surface area contributed by atoms with Crippen LogP contribution in [0, 0.1) is 13.8 Å². The fourth-order valence-corrected chi connectivity index (χ4v) is 2.46. The first-order valence-corrected chi connectivity index (χ1v) is 7.78. The maximum absolute atomic E-state index is 6.15. The molecule has 2 aromatic carbocycles. The minimum atomic E-state index is 0.312. The van der Waals surface area contributed by atoms with Gasteiger partial charge in [0.25, 0.3) is 0 Å². The molecule has 0 radical (unpaired) electrons. The first-order chi connectivity index (χ1) is 11.5. The van der Waals surface area contributed by atoms with Crippen molar-refractivity contribution in [3.05, 3.63) is 64.9 Å². The normalized spacial score (nSPS) is 10.5. The molecule has 0 aliphatic heterocycles. The minimum Gasteiger partial charge on any atom is -0.437 e. The second-order valence-corrected chi connectivity index (χ2v) is 5.93. The molecule has 1 aromatic heterocycles. The zero-order valence-corrected chi connectivity index (χ0v) is 14.1. The molecule has 0 spiro atoms. The van der Waals surface area contributed by atoms with Crippen molar-refractivity contribution in [3.63, 3.8) is 0 Å². The molecule has 3 aromatic rings. The molecule has 0 saturated heterocycles. The van der Waals surface area contributed by atoms with Crippen molar-refractivity contribution in [2.24, 2.45) is 0 Å². The third kappa shape index (κ3) is 3.75. The Morgan fingerprint density at radius 3 is 2.33 bits per heavy atom. The van der Waals surface area contributed by atoms with Crippen molar-refractivity contribution in [3.8, 4) is 11.6 Å². The molecule has 5 nitrogen and oxygen atoms in total. The lowest BCUT2D eigenvalue weighted by atomic mass is 10.1. The van der Waals surface area contributed by atoms with Gasteiger partial charge < -0.3 is 15.8 Å². The molecule has 122 valence electrons. The van der Waals surface area contributed by atoms with Gasteiger partial charge in [-0.1, -0.05) is 17.7 Å². The van der Waals surface area contributed by atoms with Crippen molar-refractivity contribution in [2.45, 2.75) is 13.8 Å². The van der Waals surface area contributed by atoms with Gasteiger partial charge in [0.2, 0.25) is 5.88 Å². The predicted octanol–water partition coefficient (Wildman–Crippen LogP) is 4.86. The number of nitrogens with two attached hydrogens (primary N) is 1. The number of nitrogens with zero attached hydrogens (tertiary/aromatic N) is 2. The van der Waals surface area contributed by atoms with Gasteiger partial charge in [-0.3, -0.25) is 0 Å². The van der Waals surface area contributed by atoms with E-state index in [-0.39, 0.29) is 0 Å². The van der Waals surface area contributed by atoms with E-state index in [1.807, 2.05) is 38.1 Å². The third-order valence-electron chi connectivity index (χ3n) is 3.36. The van der Waals surface area contributed by atoms with Gasteiger partial charge in [0, 0.05) is 10.7 Å². The van der Waals surface area contributed by atoms with E-state index < -0.39 is 0 Å². The zero-order chi connectivity index (χ0) is 17.1. The molecule has 0 aliphatic rings. The Morgan fingerprint density at radius 2 is 1.67 bits per heavy atom. The summed E-state index contributed by atoms with van der Waals surface area (Å²) in [6.07, 6.45) is 1.41. The number of rotatable bonds is 4. The lowest BCUT2D eigenvalue weighted by molar-refractivity contribution is 0.464. The second kappa shape index (κ2) is 6.76. The molecular weight excluding hydrogens is 324 g/mol. The van der Waals surface area contributed by atoms with Gasteiger partial charge in [0.05, 0.1) is 0 Å². The van der Waals surface area contributed by atoms with Gasteiger partial charge in [-0.25, -0.2) is 4.98 Å². The number of nitrogen functional groups attached to an aromatic ring is 1. The molecule has 3 N–H and O–H groups in total. The highest BCUT2D eigenvalue weighted by molar-refractivity contribution is 6.30. The third-order valence-corrected chi connectivity index (χ3v) is 3.62. The largest absolute Gasteiger partial charge is 0.437 e. The highest BCUT2D eigenvalue weighted by Crippen LogP contribution is 2.31. The quantitative estimate of drug-likeness (QED) is 0.709. The van der Waals surface area contributed by atoms with Gasteiger partial charge in [-0.05, 0) is 61.4 Å². The van der Waals surface area contributed by atoms with Crippen LogP contribution in [0.5, 0.6) is 11.6 Å². The number of benzene rings is 2. The number of anilines is 3. The highest BCUT2D eigenvalue weighted by Gasteiger charge is 2.11. The summed E-state index contributed by atoms with van der Waals surface area (Å²) in [5.74, 6) is 1.48. The van der Waals surface area contributed by atoms with Gasteiger partial charge in [-0.2, -0.15) is 4.98 Å². The molecule has 3 rings (SSSR count). The number of hydrogen-bond donors (Lipinski definition) is 2. The fraction of sp³-hybridized carbons (Fsp3) is 0.111. The van der Waals surface area contributed by atoms with E-state index in [1.54, 1.807) is 12.1 Å². The van der Waals surface area contributed by atoms with Crippen LogP contribution in [0.3, 0.4) is 0 Å². The van der Waals surface area contributed by atoms with Gasteiger partial charge in [0.1, 0.15) is 17.8 Å². The van der Waals surface area contributed by atoms with Crippen LogP contribution in [0.25, 0.3) is 0 Å². The van der Waals surface area contributed by atoms with E-state index in [1.165, 1.54) is 6.33 Å². The fourth-order valence-electron chi connectivity index (χ4n) is 2.33. The van der Waals surface area contributed by atoms with Gasteiger partial charge >= 0.3 is 0 Å². The van der Waals surface area contributed by atoms with Crippen LogP contribution in [0.4, 0.5) is 17.2 Å². The summed E-state index contributed by atoms with van der Waals surface area (Å²) in [7, 11) is 0. The summed E-state index contributed by atoms with van der Waals surface area (Å²) < 4.78 is 5.83. The number of nitrogens with one attached hydrogen (secondary N) is 1. The number of halogens is 1. The monoisotopic (exact) mass is 340 g/mol. The Bertz CT molecular complexity index is 845. The SMILES string of the molecule is Cc1cc(C)cc(Oc2ncnc(Nc3ccc(Cl)cc3)c2N)c1. The lowest BCUT2D eigenvalue weighted by Crippen LogP contribution is -2.03. The summed E-state index contributed by atoms with van der Waals surface area (Å²) in [6.45, 7) is 4.02. The van der Waals surface area contributed by atoms with Crippen LogP contribution >= 0.6 is 11.6 Å². The molecule has 0 amide bonds. The van der Waals surface area contributed by atoms with Crippen LogP contribution in [-0.4, -0.2) is 9.97 Å². The van der Waals surface area contributed by atoms with Crippen molar-refractivity contribution < 1.29 is 4.74 Å². The molecule has 0 fully saturated rings. The Morgan fingerprint density at radius 1 is 1.00 bits per heavy atom. The number of aromatic nitrogens is 2. The zero-order valence-electron chi connectivity index (χ0n) is 13.4. The Hall–Kier alpha value is -2.79. The van der Waals surface area contributed by atoms with E-state index >= 15 is 0 Å². The Kier molecular flexibility index (Phi) is 4.53. The molecular formula is C18H17ClN4O. The van der Waals surface area contributed by atoms with Crippen molar-refractivity contribution in [2.75, 3.05) is 11.1 Å². The maximum atomic E-state index is 6.15. The molecule has 0 bridgehead atoms. The Balaban J connectivity index is 1.86. The van der Waals surface area contributed by atoms with E-state index in [2.05, 4.69) is 21.4 Å². The Labute approximate surface area is 145 Å². The number of hydrogen-bond acceptors (Lipinski definition) is 5. The average Bonchev–Trinajstić information content (AvgIpc) is 2.52. The maximum Gasteiger partial charge on any atom is 0.248 e. The van der Waals surface area contributed by atoms with Crippen molar-refractivity contribution >= 4 is 28.8 Å². The predicted molar refractivity (Wildman–Crippen MR) is 97.2 cm³/mol. The van der Waals surface area contributed by atoms with Gasteiger partial charge in [0.15, 0.2) is 5.82 Å². The topological polar surface area (TPSA) is 73.1 Å². The van der Waals surface area contributed by atoms with E-state index in [9.17, 15) is 0 Å². The molecule has 6 heteroatoms. The summed E-state index contributed by atoms with van der Waals surface area (Å²) in [5, 5.41) is 3.80. The number of aryl methyl sites for hydroxylation is 2. The van der Waals surface area contributed by atoms with Crippen LogP contribution in [0.15, 0.2) is 48.8 Å². The van der Waals surface area contributed by atoms with Crippen LogP contribution in [-0.2, 0) is 0 Å². The van der Waals surface area contributed by atoms with Crippen LogP contribution in [0.1, 0.15) is 11.1 Å². The molecule has 1 heterocycles. The second-order valence-electron chi connectivity index (χ2n) is 5.50. The first kappa shape index (κ1) is 16.1. The van der Waals surface area contributed by atoms with E-state index in [4.69, 9.17) is 22.1 Å². The minimum absolute atomic E-state index is 0.312. The molecule has 0 saturated carbocycles. The van der Waals surface area contributed by atoms with Crippen molar-refractivity contribution in [1.82, 2.24) is 9.97 Å². The van der Waals surface area contributed by atoms with Crippen LogP contribution in [0.2, 0.25) is 5.02 Å². The first-order valence-electron chi connectivity index (χ1n) is 7.40. The summed E-state index contributed by atoms with van der Waals surface area (Å²) in [6, 6.07) is 13.2. The molecule has 0 aliphatic carbocycles. The summed E-state index contributed by atoms with van der Waals surface area (Å²) in [5.41, 5.74) is 9.52. The molecule has 0 unspecified atom stereocenters. The van der Waals surface area contributed by atoms with Gasteiger partial charge in [-0.15, -0.1) is 0 Å². The average molecular weight is 341 g/mol. The summed E-state index contributed by atoms with van der Waals surface area (Å²) in [4.78, 5) is 8.30. The van der Waals surface area contributed by atoms with Crippen molar-refractivity contribution in [1.29, 1.82) is 0 Å². The standard InChI is InChI=1S/C18H17ClN4O/c1-11-7-12(2)9-15(8-11)24-18-16(20)17(21-10-22-18)23-14-5-3-13(19)4-6-14/h3-10H,20H2,1-2H3,(H,21,22,23). The number of ether oxygens (including phenoxy) is 1. The smallest absolute Gasteiger partial charge is 0.248 e. The lowest BCUT2D eigenvalue weighted by Gasteiger charge is -2.12.